The van der Waals surface area contributed by atoms with Gasteiger partial charge in [0, 0.05) is 48.8 Å². The number of nitrogens with zero attached hydrogens (tertiary/aromatic N) is 6. The fourth-order valence-electron chi connectivity index (χ4n) is 5.06. The number of alkyl halides is 3. The Morgan fingerprint density at radius 2 is 1.85 bits per heavy atom. The molecule has 1 aliphatic carbocycles. The first-order valence-corrected chi connectivity index (χ1v) is 10.6. The van der Waals surface area contributed by atoms with E-state index in [4.69, 9.17) is 0 Å². The van der Waals surface area contributed by atoms with Crippen LogP contribution in [-0.4, -0.2) is 51.9 Å². The van der Waals surface area contributed by atoms with Crippen molar-refractivity contribution in [2.45, 2.75) is 31.1 Å². The molecule has 0 amide bonds. The molecule has 7 nitrogen and oxygen atoms in total. The molecule has 0 radical (unpaired) electrons. The minimum atomic E-state index is -4.52. The van der Waals surface area contributed by atoms with Gasteiger partial charge in [-0.25, -0.2) is 19.9 Å². The summed E-state index contributed by atoms with van der Waals surface area (Å²) in [5.41, 5.74) is 1.01. The molecular weight excluding hydrogens is 433 g/mol. The number of carbonyl (C=O) groups is 1. The predicted octanol–water partition coefficient (Wildman–Crippen LogP) is 3.87. The number of hydrogen-bond acceptors (Lipinski definition) is 7. The number of piperidine rings is 1. The first kappa shape index (κ1) is 21.3. The largest absolute Gasteiger partial charge is 0.434 e. The average molecular weight is 454 g/mol. The van der Waals surface area contributed by atoms with Gasteiger partial charge in [0.05, 0.1) is 18.4 Å². The van der Waals surface area contributed by atoms with Gasteiger partial charge in [-0.15, -0.1) is 0 Å². The first-order valence-electron chi connectivity index (χ1n) is 10.6. The maximum absolute atomic E-state index is 12.8. The van der Waals surface area contributed by atoms with Crippen LogP contribution < -0.4 is 9.80 Å². The van der Waals surface area contributed by atoms with Crippen molar-refractivity contribution in [3.8, 4) is 11.4 Å². The predicted molar refractivity (Wildman–Crippen MR) is 116 cm³/mol. The van der Waals surface area contributed by atoms with Gasteiger partial charge < -0.3 is 9.80 Å². The monoisotopic (exact) mass is 454 g/mol. The number of likely N-dealkylation sites (N-methyl/N-ethyl adjacent to an activating group) is 1. The minimum Gasteiger partial charge on any atom is -0.366 e. The van der Waals surface area contributed by atoms with Gasteiger partial charge in [0.2, 0.25) is 0 Å². The molecule has 1 saturated heterocycles. The van der Waals surface area contributed by atoms with E-state index in [0.29, 0.717) is 28.7 Å². The van der Waals surface area contributed by atoms with Crippen LogP contribution in [0.15, 0.2) is 49.1 Å². The third-order valence-electron chi connectivity index (χ3n) is 6.55. The van der Waals surface area contributed by atoms with E-state index in [2.05, 4.69) is 24.8 Å². The second-order valence-corrected chi connectivity index (χ2v) is 8.42. The molecule has 2 aromatic heterocycles. The maximum atomic E-state index is 12.8. The van der Waals surface area contributed by atoms with Crippen molar-refractivity contribution >= 4 is 17.8 Å². The number of benzene rings is 1. The van der Waals surface area contributed by atoms with Gasteiger partial charge in [0.15, 0.2) is 17.8 Å². The second kappa shape index (κ2) is 8.09. The van der Waals surface area contributed by atoms with Crippen molar-refractivity contribution in [3.63, 3.8) is 0 Å². The topological polar surface area (TPSA) is 75.1 Å². The zero-order chi connectivity index (χ0) is 23.2. The Hall–Kier alpha value is -3.56. The maximum Gasteiger partial charge on any atom is 0.434 e. The highest BCUT2D eigenvalue weighted by atomic mass is 19.4. The van der Waals surface area contributed by atoms with Crippen LogP contribution in [0, 0.1) is 5.92 Å². The van der Waals surface area contributed by atoms with Crippen LogP contribution in [0.2, 0.25) is 0 Å². The molecule has 3 atom stereocenters. The lowest BCUT2D eigenvalue weighted by atomic mass is 10.00. The molecule has 0 N–H and O–H groups in total. The van der Waals surface area contributed by atoms with Crippen LogP contribution in [0.5, 0.6) is 0 Å². The Kier molecular flexibility index (Phi) is 5.22. The van der Waals surface area contributed by atoms with E-state index in [0.717, 1.165) is 37.6 Å². The van der Waals surface area contributed by atoms with E-state index in [1.165, 1.54) is 6.20 Å². The molecule has 170 valence electrons. The molecule has 0 spiro atoms. The van der Waals surface area contributed by atoms with Crippen molar-refractivity contribution < 1.29 is 18.0 Å². The van der Waals surface area contributed by atoms with Gasteiger partial charge in [-0.1, -0.05) is 12.1 Å². The standard InChI is InChI=1S/C23H21F3N6O/c1-31(21-11-29-20(10-30-21)23(24,25)26)18-8-14-9-19(18)32(12-14)17-5-2-4-15(16(17)13-33)22-27-6-3-7-28-22/h2-7,10-11,13-14,18-19H,8-9,12H2,1H3/t14-,18-,19+/m1/s1. The fourth-order valence-corrected chi connectivity index (χ4v) is 5.06. The molecule has 2 aliphatic rings. The minimum absolute atomic E-state index is 0.0333. The van der Waals surface area contributed by atoms with Gasteiger partial charge in [-0.2, -0.15) is 13.2 Å². The van der Waals surface area contributed by atoms with Crippen LogP contribution in [0.3, 0.4) is 0 Å². The van der Waals surface area contributed by atoms with Gasteiger partial charge in [-0.05, 0) is 30.9 Å². The highest BCUT2D eigenvalue weighted by Crippen LogP contribution is 2.44. The highest BCUT2D eigenvalue weighted by molar-refractivity contribution is 5.93. The van der Waals surface area contributed by atoms with E-state index < -0.39 is 11.9 Å². The third kappa shape index (κ3) is 3.79. The van der Waals surface area contributed by atoms with E-state index in [9.17, 15) is 18.0 Å². The molecule has 2 fully saturated rings. The van der Waals surface area contributed by atoms with Gasteiger partial charge in [-0.3, -0.25) is 4.79 Å². The third-order valence-corrected chi connectivity index (χ3v) is 6.55. The summed E-state index contributed by atoms with van der Waals surface area (Å²) in [5, 5.41) is 0. The summed E-state index contributed by atoms with van der Waals surface area (Å²) in [4.78, 5) is 32.4. The van der Waals surface area contributed by atoms with Crippen molar-refractivity contribution in [2.24, 2.45) is 5.92 Å². The molecule has 1 aromatic carbocycles. The molecule has 1 aliphatic heterocycles. The summed E-state index contributed by atoms with van der Waals surface area (Å²) in [7, 11) is 1.83. The summed E-state index contributed by atoms with van der Waals surface area (Å²) in [5.74, 6) is 1.29. The number of rotatable bonds is 5. The van der Waals surface area contributed by atoms with Crippen molar-refractivity contribution in [1.29, 1.82) is 0 Å². The number of fused-ring (bicyclic) bond motifs is 2. The normalized spacial score (nSPS) is 21.9. The van der Waals surface area contributed by atoms with Crippen LogP contribution in [0.25, 0.3) is 11.4 Å². The molecule has 3 heterocycles. The first-order chi connectivity index (χ1) is 15.9. The van der Waals surface area contributed by atoms with E-state index in [1.807, 2.05) is 30.1 Å². The molecule has 10 heteroatoms. The lowest BCUT2D eigenvalue weighted by molar-refractivity contribution is -0.141. The number of hydrogen-bond donors (Lipinski definition) is 0. The smallest absolute Gasteiger partial charge is 0.366 e. The number of anilines is 2. The fraction of sp³-hybridized carbons (Fsp3) is 0.348. The number of aldehydes is 1. The Labute approximate surface area is 188 Å². The number of aromatic nitrogens is 4. The Bertz CT molecular complexity index is 1160. The van der Waals surface area contributed by atoms with E-state index >= 15 is 0 Å². The van der Waals surface area contributed by atoms with Gasteiger partial charge in [0.25, 0.3) is 0 Å². The van der Waals surface area contributed by atoms with Gasteiger partial charge >= 0.3 is 6.18 Å². The SMILES string of the molecule is CN(c1cnc(C(F)(F)F)cn1)[C@@H]1C[C@@H]2C[C@@H]1N(c1cccc(-c3ncccn3)c1C=O)C2. The van der Waals surface area contributed by atoms with Crippen molar-refractivity contribution in [1.82, 2.24) is 19.9 Å². The van der Waals surface area contributed by atoms with Crippen LogP contribution >= 0.6 is 0 Å². The molecule has 2 bridgehead atoms. The van der Waals surface area contributed by atoms with Crippen molar-refractivity contribution in [3.05, 3.63) is 60.3 Å². The molecule has 0 unspecified atom stereocenters. The summed E-state index contributed by atoms with van der Waals surface area (Å²) in [6.07, 6.45) is 3.37. The van der Waals surface area contributed by atoms with Crippen molar-refractivity contribution in [2.75, 3.05) is 23.4 Å². The van der Waals surface area contributed by atoms with Crippen LogP contribution in [0.4, 0.5) is 24.7 Å². The summed E-state index contributed by atoms with van der Waals surface area (Å²) >= 11 is 0. The summed E-state index contributed by atoms with van der Waals surface area (Å²) < 4.78 is 38.5. The molecular formula is C23H21F3N6O. The van der Waals surface area contributed by atoms with E-state index in [-0.39, 0.29) is 12.1 Å². The zero-order valence-electron chi connectivity index (χ0n) is 17.8. The molecule has 33 heavy (non-hydrogen) atoms. The molecule has 5 rings (SSSR count). The highest BCUT2D eigenvalue weighted by Gasteiger charge is 2.47. The average Bonchev–Trinajstić information content (AvgIpc) is 3.44. The Balaban J connectivity index is 1.44. The summed E-state index contributed by atoms with van der Waals surface area (Å²) in [6, 6.07) is 7.49. The lowest BCUT2D eigenvalue weighted by Gasteiger charge is -2.40. The number of halogens is 3. The zero-order valence-corrected chi connectivity index (χ0v) is 17.8. The Morgan fingerprint density at radius 3 is 2.48 bits per heavy atom. The van der Waals surface area contributed by atoms with Crippen LogP contribution in [-0.2, 0) is 6.18 Å². The second-order valence-electron chi connectivity index (χ2n) is 8.42. The molecule has 1 saturated carbocycles. The van der Waals surface area contributed by atoms with Gasteiger partial charge in [0.1, 0.15) is 5.82 Å². The Morgan fingerprint density at radius 1 is 1.06 bits per heavy atom. The number of carbonyl (C=O) groups excluding carboxylic acids is 1. The quantitative estimate of drug-likeness (QED) is 0.542. The molecule has 3 aromatic rings. The van der Waals surface area contributed by atoms with E-state index in [1.54, 1.807) is 18.5 Å². The lowest BCUT2D eigenvalue weighted by Crippen LogP contribution is -2.49. The summed E-state index contributed by atoms with van der Waals surface area (Å²) in [6.45, 7) is 0.813. The van der Waals surface area contributed by atoms with Crippen LogP contribution in [0.1, 0.15) is 28.9 Å².